The summed E-state index contributed by atoms with van der Waals surface area (Å²) in [5.41, 5.74) is 0.772. The molecular formula is C14H16N2O4S. The number of pyridine rings is 1. The molecule has 0 spiro atoms. The zero-order valence-electron chi connectivity index (χ0n) is 11.7. The Morgan fingerprint density at radius 1 is 1.19 bits per heavy atom. The molecule has 1 heterocycles. The maximum Gasteiger partial charge on any atom is 0.244 e. The van der Waals surface area contributed by atoms with Crippen LogP contribution in [0.1, 0.15) is 5.56 Å². The van der Waals surface area contributed by atoms with E-state index >= 15 is 0 Å². The van der Waals surface area contributed by atoms with Crippen molar-refractivity contribution in [2.24, 2.45) is 0 Å². The molecule has 0 amide bonds. The number of nitrogens with one attached hydrogen (secondary N) is 1. The number of hydrogen-bond acceptors (Lipinski definition) is 5. The van der Waals surface area contributed by atoms with E-state index in [4.69, 9.17) is 9.47 Å². The fraction of sp³-hybridized carbons (Fsp3) is 0.214. The number of ether oxygens (including phenoxy) is 2. The Bertz CT molecular complexity index is 702. The Kier molecular flexibility index (Phi) is 4.77. The summed E-state index contributed by atoms with van der Waals surface area (Å²) in [6.07, 6.45) is 3.23. The van der Waals surface area contributed by atoms with Gasteiger partial charge < -0.3 is 9.47 Å². The van der Waals surface area contributed by atoms with Crippen molar-refractivity contribution in [1.82, 2.24) is 9.71 Å². The summed E-state index contributed by atoms with van der Waals surface area (Å²) in [6, 6.07) is 8.08. The molecular weight excluding hydrogens is 292 g/mol. The van der Waals surface area contributed by atoms with Gasteiger partial charge in [-0.15, -0.1) is 0 Å². The standard InChI is InChI=1S/C14H16N2O4S/c1-19-12-5-6-14(13(8-12)20-2)21(17,18)16-10-11-4-3-7-15-9-11/h3-9,16H,10H2,1-2H3. The lowest BCUT2D eigenvalue weighted by Gasteiger charge is -2.12. The van der Waals surface area contributed by atoms with Crippen molar-refractivity contribution < 1.29 is 17.9 Å². The van der Waals surface area contributed by atoms with Crippen molar-refractivity contribution >= 4 is 10.0 Å². The highest BCUT2D eigenvalue weighted by atomic mass is 32.2. The monoisotopic (exact) mass is 308 g/mol. The first-order chi connectivity index (χ1) is 10.1. The summed E-state index contributed by atoms with van der Waals surface area (Å²) in [7, 11) is -0.769. The molecule has 2 rings (SSSR count). The predicted octanol–water partition coefficient (Wildman–Crippen LogP) is 1.58. The van der Waals surface area contributed by atoms with E-state index in [1.54, 1.807) is 30.6 Å². The number of nitrogens with zero attached hydrogens (tertiary/aromatic N) is 1. The van der Waals surface area contributed by atoms with E-state index in [0.29, 0.717) is 5.75 Å². The normalized spacial score (nSPS) is 11.1. The molecule has 21 heavy (non-hydrogen) atoms. The second-order valence-electron chi connectivity index (χ2n) is 4.20. The summed E-state index contributed by atoms with van der Waals surface area (Å²) in [5, 5.41) is 0. The fourth-order valence-electron chi connectivity index (χ4n) is 1.76. The second-order valence-corrected chi connectivity index (χ2v) is 5.94. The van der Waals surface area contributed by atoms with Crippen LogP contribution in [-0.4, -0.2) is 27.6 Å². The number of aromatic nitrogens is 1. The highest BCUT2D eigenvalue weighted by Crippen LogP contribution is 2.28. The fourth-order valence-corrected chi connectivity index (χ4v) is 2.92. The molecule has 112 valence electrons. The molecule has 0 aliphatic carbocycles. The van der Waals surface area contributed by atoms with Crippen LogP contribution in [0.15, 0.2) is 47.6 Å². The van der Waals surface area contributed by atoms with Gasteiger partial charge in [0.05, 0.1) is 14.2 Å². The zero-order valence-corrected chi connectivity index (χ0v) is 12.6. The van der Waals surface area contributed by atoms with Gasteiger partial charge >= 0.3 is 0 Å². The molecule has 2 aromatic rings. The number of hydrogen-bond donors (Lipinski definition) is 1. The van der Waals surface area contributed by atoms with Crippen LogP contribution >= 0.6 is 0 Å². The third-order valence-corrected chi connectivity index (χ3v) is 4.29. The van der Waals surface area contributed by atoms with Crippen molar-refractivity contribution in [2.75, 3.05) is 14.2 Å². The first-order valence-electron chi connectivity index (χ1n) is 6.17. The van der Waals surface area contributed by atoms with E-state index in [2.05, 4.69) is 9.71 Å². The minimum Gasteiger partial charge on any atom is -0.497 e. The highest BCUT2D eigenvalue weighted by molar-refractivity contribution is 7.89. The van der Waals surface area contributed by atoms with E-state index in [0.717, 1.165) is 5.56 Å². The zero-order chi connectivity index (χ0) is 15.3. The van der Waals surface area contributed by atoms with Crippen molar-refractivity contribution in [3.63, 3.8) is 0 Å². The van der Waals surface area contributed by atoms with E-state index in [-0.39, 0.29) is 17.2 Å². The van der Waals surface area contributed by atoms with E-state index in [1.165, 1.54) is 26.4 Å². The van der Waals surface area contributed by atoms with Gasteiger partial charge in [-0.25, -0.2) is 13.1 Å². The average Bonchev–Trinajstić information content (AvgIpc) is 2.53. The minimum atomic E-state index is -3.68. The molecule has 6 nitrogen and oxygen atoms in total. The maximum atomic E-state index is 12.3. The molecule has 7 heteroatoms. The van der Waals surface area contributed by atoms with E-state index in [1.807, 2.05) is 0 Å². The Labute approximate surface area is 123 Å². The van der Waals surface area contributed by atoms with Crippen LogP contribution < -0.4 is 14.2 Å². The number of sulfonamides is 1. The van der Waals surface area contributed by atoms with Crippen molar-refractivity contribution in [1.29, 1.82) is 0 Å². The summed E-state index contributed by atoms with van der Waals surface area (Å²) in [4.78, 5) is 4.00. The lowest BCUT2D eigenvalue weighted by atomic mass is 10.3. The van der Waals surface area contributed by atoms with Gasteiger partial charge in [0.2, 0.25) is 10.0 Å². The van der Waals surface area contributed by atoms with Gasteiger partial charge in [0, 0.05) is 25.0 Å². The third-order valence-electron chi connectivity index (χ3n) is 2.85. The summed E-state index contributed by atoms with van der Waals surface area (Å²) in [5.74, 6) is 0.756. The average molecular weight is 308 g/mol. The Morgan fingerprint density at radius 2 is 2.00 bits per heavy atom. The van der Waals surface area contributed by atoms with Crippen molar-refractivity contribution in [2.45, 2.75) is 11.4 Å². The minimum absolute atomic E-state index is 0.0645. The topological polar surface area (TPSA) is 77.5 Å². The number of rotatable bonds is 6. The van der Waals surface area contributed by atoms with Crippen LogP contribution in [0, 0.1) is 0 Å². The molecule has 0 aliphatic rings. The summed E-state index contributed by atoms with van der Waals surface area (Å²) in [6.45, 7) is 0.158. The lowest BCUT2D eigenvalue weighted by Crippen LogP contribution is -2.23. The number of methoxy groups -OCH3 is 2. The van der Waals surface area contributed by atoms with Gasteiger partial charge in [-0.1, -0.05) is 6.07 Å². The molecule has 1 N–H and O–H groups in total. The predicted molar refractivity (Wildman–Crippen MR) is 77.8 cm³/mol. The van der Waals surface area contributed by atoms with Crippen LogP contribution in [0.25, 0.3) is 0 Å². The molecule has 0 saturated heterocycles. The first-order valence-corrected chi connectivity index (χ1v) is 7.66. The van der Waals surface area contributed by atoms with Gasteiger partial charge in [0.25, 0.3) is 0 Å². The number of benzene rings is 1. The molecule has 0 aliphatic heterocycles. The molecule has 0 bridgehead atoms. The van der Waals surface area contributed by atoms with Crippen LogP contribution in [0.3, 0.4) is 0 Å². The summed E-state index contributed by atoms with van der Waals surface area (Å²) >= 11 is 0. The smallest absolute Gasteiger partial charge is 0.244 e. The van der Waals surface area contributed by atoms with E-state index < -0.39 is 10.0 Å². The van der Waals surface area contributed by atoms with Gasteiger partial charge in [0.1, 0.15) is 16.4 Å². The largest absolute Gasteiger partial charge is 0.497 e. The van der Waals surface area contributed by atoms with Crippen LogP contribution in [0.2, 0.25) is 0 Å². The van der Waals surface area contributed by atoms with Gasteiger partial charge in [-0.3, -0.25) is 4.98 Å². The molecule has 0 fully saturated rings. The SMILES string of the molecule is COc1ccc(S(=O)(=O)NCc2cccnc2)c(OC)c1. The molecule has 1 aromatic carbocycles. The van der Waals surface area contributed by atoms with Crippen LogP contribution in [0.5, 0.6) is 11.5 Å². The lowest BCUT2D eigenvalue weighted by molar-refractivity contribution is 0.386. The van der Waals surface area contributed by atoms with E-state index in [9.17, 15) is 8.42 Å². The molecule has 0 saturated carbocycles. The Balaban J connectivity index is 2.23. The second kappa shape index (κ2) is 6.55. The van der Waals surface area contributed by atoms with Gasteiger partial charge in [-0.05, 0) is 23.8 Å². The van der Waals surface area contributed by atoms with Gasteiger partial charge in [-0.2, -0.15) is 0 Å². The van der Waals surface area contributed by atoms with Crippen molar-refractivity contribution in [3.05, 3.63) is 48.3 Å². The first kappa shape index (κ1) is 15.3. The van der Waals surface area contributed by atoms with Crippen LogP contribution in [0.4, 0.5) is 0 Å². The van der Waals surface area contributed by atoms with Gasteiger partial charge in [0.15, 0.2) is 0 Å². The molecule has 0 atom stereocenters. The third kappa shape index (κ3) is 3.71. The molecule has 0 radical (unpaired) electrons. The highest BCUT2D eigenvalue weighted by Gasteiger charge is 2.19. The van der Waals surface area contributed by atoms with Crippen molar-refractivity contribution in [3.8, 4) is 11.5 Å². The summed E-state index contributed by atoms with van der Waals surface area (Å²) < 4.78 is 37.3. The molecule has 0 unspecified atom stereocenters. The Hall–Kier alpha value is -2.12. The quantitative estimate of drug-likeness (QED) is 0.876. The maximum absolute atomic E-state index is 12.3. The molecule has 1 aromatic heterocycles. The Morgan fingerprint density at radius 3 is 2.62 bits per heavy atom. The van der Waals surface area contributed by atoms with Crippen LogP contribution in [-0.2, 0) is 16.6 Å².